The number of pyridine rings is 1. The first kappa shape index (κ1) is 17.3. The molecule has 0 fully saturated rings. The van der Waals surface area contributed by atoms with Gasteiger partial charge in [0.25, 0.3) is 0 Å². The summed E-state index contributed by atoms with van der Waals surface area (Å²) in [4.78, 5) is 6.44. The summed E-state index contributed by atoms with van der Waals surface area (Å²) >= 11 is 0. The van der Waals surface area contributed by atoms with E-state index in [1.807, 2.05) is 41.9 Å². The summed E-state index contributed by atoms with van der Waals surface area (Å²) in [5.41, 5.74) is 4.48. The van der Waals surface area contributed by atoms with E-state index < -0.39 is 0 Å². The number of anilines is 2. The van der Waals surface area contributed by atoms with Crippen molar-refractivity contribution in [2.75, 3.05) is 30.4 Å². The minimum Gasteiger partial charge on any atom is -0.395 e. The third kappa shape index (κ3) is 3.82. The van der Waals surface area contributed by atoms with E-state index >= 15 is 0 Å². The van der Waals surface area contributed by atoms with Crippen molar-refractivity contribution in [3.05, 3.63) is 35.3 Å². The van der Waals surface area contributed by atoms with Crippen LogP contribution in [0.1, 0.15) is 36.8 Å². The summed E-state index contributed by atoms with van der Waals surface area (Å²) in [6.45, 7) is 10.00. The Kier molecular flexibility index (Phi) is 5.60. The second-order valence-corrected chi connectivity index (χ2v) is 5.81. The summed E-state index contributed by atoms with van der Waals surface area (Å²) < 4.78 is 2.03. The number of likely N-dealkylation sites (N-methyl/N-ethyl adjacent to an activating group) is 1. The molecule has 23 heavy (non-hydrogen) atoms. The smallest absolute Gasteiger partial charge is 0.126 e. The fourth-order valence-electron chi connectivity index (χ4n) is 2.92. The molecule has 2 N–H and O–H groups in total. The van der Waals surface area contributed by atoms with Crippen LogP contribution in [0.3, 0.4) is 0 Å². The van der Waals surface area contributed by atoms with Crippen molar-refractivity contribution in [3.63, 3.8) is 0 Å². The van der Waals surface area contributed by atoms with Gasteiger partial charge in [0.2, 0.25) is 0 Å². The lowest BCUT2D eigenvalue weighted by atomic mass is 10.1. The molecule has 0 aromatic carbocycles. The standard InChI is InChI=1S/C17H27N5O/c1-6-22-14(4)17(13(3)20-22)12(2)19-16-8-7-15(11-18-16)21(5)9-10-23/h7-8,11-12,23H,6,9-10H2,1-5H3,(H,18,19). The Morgan fingerprint density at radius 3 is 2.61 bits per heavy atom. The van der Waals surface area contributed by atoms with Crippen LogP contribution in [0.15, 0.2) is 18.3 Å². The number of aliphatic hydroxyl groups excluding tert-OH is 1. The average molecular weight is 317 g/mol. The van der Waals surface area contributed by atoms with E-state index in [2.05, 4.69) is 36.2 Å². The van der Waals surface area contributed by atoms with Gasteiger partial charge in [-0.15, -0.1) is 0 Å². The number of hydrogen-bond acceptors (Lipinski definition) is 5. The maximum atomic E-state index is 8.99. The van der Waals surface area contributed by atoms with Crippen molar-refractivity contribution >= 4 is 11.5 Å². The van der Waals surface area contributed by atoms with E-state index in [-0.39, 0.29) is 12.6 Å². The van der Waals surface area contributed by atoms with Gasteiger partial charge in [0, 0.05) is 31.4 Å². The molecule has 126 valence electrons. The molecular formula is C17H27N5O. The van der Waals surface area contributed by atoms with Gasteiger partial charge in [0.1, 0.15) is 5.82 Å². The van der Waals surface area contributed by atoms with Crippen LogP contribution in [0.4, 0.5) is 11.5 Å². The average Bonchev–Trinajstić information content (AvgIpc) is 2.82. The summed E-state index contributed by atoms with van der Waals surface area (Å²) in [5.74, 6) is 0.835. The first-order chi connectivity index (χ1) is 11.0. The monoisotopic (exact) mass is 317 g/mol. The van der Waals surface area contributed by atoms with Crippen molar-refractivity contribution in [3.8, 4) is 0 Å². The van der Waals surface area contributed by atoms with Crippen LogP contribution in [0.25, 0.3) is 0 Å². The molecule has 0 saturated heterocycles. The number of nitrogens with zero attached hydrogens (tertiary/aromatic N) is 4. The number of aryl methyl sites for hydroxylation is 2. The molecule has 0 saturated carbocycles. The molecule has 0 amide bonds. The Morgan fingerprint density at radius 1 is 1.35 bits per heavy atom. The molecule has 0 spiro atoms. The fourth-order valence-corrected chi connectivity index (χ4v) is 2.92. The van der Waals surface area contributed by atoms with Gasteiger partial charge < -0.3 is 15.3 Å². The summed E-state index contributed by atoms with van der Waals surface area (Å²) in [7, 11) is 1.94. The molecule has 6 nitrogen and oxygen atoms in total. The second kappa shape index (κ2) is 7.46. The lowest BCUT2D eigenvalue weighted by molar-refractivity contribution is 0.304. The van der Waals surface area contributed by atoms with E-state index in [1.54, 1.807) is 0 Å². The highest BCUT2D eigenvalue weighted by molar-refractivity contribution is 5.50. The van der Waals surface area contributed by atoms with E-state index in [4.69, 9.17) is 5.11 Å². The van der Waals surface area contributed by atoms with Gasteiger partial charge in [-0.05, 0) is 39.8 Å². The molecule has 0 aliphatic carbocycles. The topological polar surface area (TPSA) is 66.2 Å². The van der Waals surface area contributed by atoms with Gasteiger partial charge >= 0.3 is 0 Å². The molecule has 0 aliphatic rings. The highest BCUT2D eigenvalue weighted by Crippen LogP contribution is 2.25. The van der Waals surface area contributed by atoms with Gasteiger partial charge in [0.05, 0.1) is 30.2 Å². The highest BCUT2D eigenvalue weighted by atomic mass is 16.3. The largest absolute Gasteiger partial charge is 0.395 e. The molecule has 6 heteroatoms. The SMILES string of the molecule is CCn1nc(C)c(C(C)Nc2ccc(N(C)CCO)cn2)c1C. The van der Waals surface area contributed by atoms with E-state index in [0.29, 0.717) is 6.54 Å². The van der Waals surface area contributed by atoms with E-state index in [0.717, 1.165) is 23.7 Å². The van der Waals surface area contributed by atoms with Crippen molar-refractivity contribution in [1.82, 2.24) is 14.8 Å². The Morgan fingerprint density at radius 2 is 2.09 bits per heavy atom. The number of aromatic nitrogens is 3. The Hall–Kier alpha value is -2.08. The second-order valence-electron chi connectivity index (χ2n) is 5.81. The van der Waals surface area contributed by atoms with Crippen LogP contribution in [-0.4, -0.2) is 40.1 Å². The number of aliphatic hydroxyl groups is 1. The fraction of sp³-hybridized carbons (Fsp3) is 0.529. The minimum atomic E-state index is 0.132. The van der Waals surface area contributed by atoms with Gasteiger partial charge in [-0.3, -0.25) is 4.68 Å². The third-order valence-electron chi connectivity index (χ3n) is 4.16. The van der Waals surface area contributed by atoms with Crippen molar-refractivity contribution in [1.29, 1.82) is 0 Å². The van der Waals surface area contributed by atoms with E-state index in [1.165, 1.54) is 11.3 Å². The van der Waals surface area contributed by atoms with Crippen LogP contribution in [0.5, 0.6) is 0 Å². The Labute approximate surface area is 138 Å². The molecule has 0 bridgehead atoms. The number of nitrogens with one attached hydrogen (secondary N) is 1. The van der Waals surface area contributed by atoms with Crippen LogP contribution in [-0.2, 0) is 6.54 Å². The molecule has 2 heterocycles. The van der Waals surface area contributed by atoms with Gasteiger partial charge in [0.15, 0.2) is 0 Å². The number of rotatable bonds is 7. The lowest BCUT2D eigenvalue weighted by Gasteiger charge is -2.19. The maximum absolute atomic E-state index is 8.99. The van der Waals surface area contributed by atoms with Gasteiger partial charge in [-0.2, -0.15) is 5.10 Å². The summed E-state index contributed by atoms with van der Waals surface area (Å²) in [6.07, 6.45) is 1.82. The third-order valence-corrected chi connectivity index (χ3v) is 4.16. The van der Waals surface area contributed by atoms with Crippen LogP contribution in [0.2, 0.25) is 0 Å². The van der Waals surface area contributed by atoms with E-state index in [9.17, 15) is 0 Å². The van der Waals surface area contributed by atoms with Crippen LogP contribution >= 0.6 is 0 Å². The minimum absolute atomic E-state index is 0.132. The quantitative estimate of drug-likeness (QED) is 0.821. The maximum Gasteiger partial charge on any atom is 0.126 e. The molecule has 0 radical (unpaired) electrons. The van der Waals surface area contributed by atoms with Gasteiger partial charge in [-0.1, -0.05) is 0 Å². The summed E-state index contributed by atoms with van der Waals surface area (Å²) in [5, 5.41) is 17.0. The first-order valence-electron chi connectivity index (χ1n) is 8.06. The normalized spacial score (nSPS) is 12.3. The zero-order valence-electron chi connectivity index (χ0n) is 14.7. The zero-order valence-corrected chi connectivity index (χ0v) is 14.7. The van der Waals surface area contributed by atoms with Crippen LogP contribution in [0, 0.1) is 13.8 Å². The highest BCUT2D eigenvalue weighted by Gasteiger charge is 2.17. The number of hydrogen-bond donors (Lipinski definition) is 2. The van der Waals surface area contributed by atoms with Crippen molar-refractivity contribution in [2.45, 2.75) is 40.3 Å². The molecular weight excluding hydrogens is 290 g/mol. The van der Waals surface area contributed by atoms with Gasteiger partial charge in [-0.25, -0.2) is 4.98 Å². The molecule has 2 aromatic heterocycles. The Balaban J connectivity index is 2.11. The van der Waals surface area contributed by atoms with Crippen LogP contribution < -0.4 is 10.2 Å². The lowest BCUT2D eigenvalue weighted by Crippen LogP contribution is -2.21. The first-order valence-corrected chi connectivity index (χ1v) is 8.06. The molecule has 0 aliphatic heterocycles. The predicted molar refractivity (Wildman–Crippen MR) is 94.0 cm³/mol. The molecule has 1 atom stereocenters. The Bertz CT molecular complexity index is 635. The zero-order chi connectivity index (χ0) is 17.0. The van der Waals surface area contributed by atoms with Crippen molar-refractivity contribution < 1.29 is 5.11 Å². The summed E-state index contributed by atoms with van der Waals surface area (Å²) in [6, 6.07) is 4.12. The van der Waals surface area contributed by atoms with Crippen molar-refractivity contribution in [2.24, 2.45) is 0 Å². The predicted octanol–water partition coefficient (Wildman–Crippen LogP) is 2.52. The molecule has 2 aromatic rings. The molecule has 2 rings (SSSR count). The molecule has 1 unspecified atom stereocenters.